The van der Waals surface area contributed by atoms with Crippen LogP contribution in [0.2, 0.25) is 0 Å². The highest BCUT2D eigenvalue weighted by Crippen LogP contribution is 2.57. The van der Waals surface area contributed by atoms with E-state index in [1.165, 1.54) is 59.9 Å². The Hall–Kier alpha value is -3.75. The van der Waals surface area contributed by atoms with Crippen molar-refractivity contribution in [3.8, 4) is 0 Å². The van der Waals surface area contributed by atoms with Crippen molar-refractivity contribution in [1.29, 1.82) is 0 Å². The molecule has 0 saturated heterocycles. The van der Waals surface area contributed by atoms with E-state index in [9.17, 15) is 0 Å². The molecule has 0 spiro atoms. The van der Waals surface area contributed by atoms with E-state index in [2.05, 4.69) is 134 Å². The van der Waals surface area contributed by atoms with Crippen LogP contribution in [0.25, 0.3) is 16.8 Å². The zero-order valence-corrected chi connectivity index (χ0v) is 22.0. The molecule has 0 N–H and O–H groups in total. The smallest absolute Gasteiger partial charge is 0.0543 e. The van der Waals surface area contributed by atoms with Crippen molar-refractivity contribution < 1.29 is 0 Å². The zero-order valence-electron chi connectivity index (χ0n) is 21.2. The molecular weight excluding hydrogens is 466 g/mol. The second-order valence-corrected chi connectivity index (χ2v) is 11.5. The third-order valence-corrected chi connectivity index (χ3v) is 9.09. The van der Waals surface area contributed by atoms with Gasteiger partial charge in [0, 0.05) is 27.6 Å². The fourth-order valence-electron chi connectivity index (χ4n) is 5.84. The van der Waals surface area contributed by atoms with Crippen LogP contribution in [0.3, 0.4) is 0 Å². The monoisotopic (exact) mass is 495 g/mol. The summed E-state index contributed by atoms with van der Waals surface area (Å²) in [6, 6.07) is 40.2. The molecule has 0 fully saturated rings. The number of anilines is 3. The van der Waals surface area contributed by atoms with Crippen LogP contribution in [0.1, 0.15) is 47.9 Å². The molecule has 5 aromatic carbocycles. The minimum atomic E-state index is 0.416. The third-order valence-electron chi connectivity index (χ3n) is 7.79. The average Bonchev–Trinajstić information content (AvgIpc) is 3.30. The first-order valence-electron chi connectivity index (χ1n) is 13.2. The zero-order chi connectivity index (χ0) is 24.9. The molecule has 1 atom stereocenters. The summed E-state index contributed by atoms with van der Waals surface area (Å²) < 4.78 is 0. The minimum absolute atomic E-state index is 0.416. The van der Waals surface area contributed by atoms with Gasteiger partial charge < -0.3 is 4.90 Å². The number of fused-ring (bicyclic) bond motifs is 6. The van der Waals surface area contributed by atoms with Crippen LogP contribution < -0.4 is 4.90 Å². The van der Waals surface area contributed by atoms with Crippen molar-refractivity contribution >= 4 is 45.7 Å². The first-order valence-corrected chi connectivity index (χ1v) is 14.0. The van der Waals surface area contributed by atoms with Crippen molar-refractivity contribution in [1.82, 2.24) is 0 Å². The van der Waals surface area contributed by atoms with Gasteiger partial charge in [0.1, 0.15) is 0 Å². The highest BCUT2D eigenvalue weighted by atomic mass is 32.2. The molecule has 1 nitrogen and oxygen atoms in total. The lowest BCUT2D eigenvalue weighted by atomic mass is 9.84. The van der Waals surface area contributed by atoms with Crippen molar-refractivity contribution in [2.75, 3.05) is 4.90 Å². The molecule has 0 amide bonds. The summed E-state index contributed by atoms with van der Waals surface area (Å²) in [5.41, 5.74) is 9.26. The van der Waals surface area contributed by atoms with Crippen molar-refractivity contribution in [2.24, 2.45) is 0 Å². The lowest BCUT2D eigenvalue weighted by Gasteiger charge is -2.29. The van der Waals surface area contributed by atoms with Crippen LogP contribution in [0.15, 0.2) is 119 Å². The van der Waals surface area contributed by atoms with E-state index >= 15 is 0 Å². The van der Waals surface area contributed by atoms with Gasteiger partial charge in [-0.05, 0) is 81.3 Å². The van der Waals surface area contributed by atoms with Crippen LogP contribution in [-0.4, -0.2) is 0 Å². The molecule has 1 aliphatic heterocycles. The number of nitrogens with zero attached hydrogens (tertiary/aromatic N) is 1. The van der Waals surface area contributed by atoms with E-state index in [0.29, 0.717) is 11.8 Å². The summed E-state index contributed by atoms with van der Waals surface area (Å²) in [6.45, 7) is 4.51. The van der Waals surface area contributed by atoms with Gasteiger partial charge in [-0.1, -0.05) is 104 Å². The van der Waals surface area contributed by atoms with Crippen LogP contribution in [0.4, 0.5) is 17.1 Å². The van der Waals surface area contributed by atoms with Crippen LogP contribution in [0, 0.1) is 0 Å². The maximum atomic E-state index is 2.48. The SMILES string of the molecule is CC(C)c1ccc(N(c2ccccc2)c2cc3c(c4ccccc24)SC2=Cc4ccccc4CC23)cc1. The van der Waals surface area contributed by atoms with Gasteiger partial charge in [-0.25, -0.2) is 0 Å². The summed E-state index contributed by atoms with van der Waals surface area (Å²) in [5.74, 6) is 0.927. The normalized spacial score (nSPS) is 15.8. The summed E-state index contributed by atoms with van der Waals surface area (Å²) in [6.07, 6.45) is 3.48. The molecule has 37 heavy (non-hydrogen) atoms. The Morgan fingerprint density at radius 2 is 1.41 bits per heavy atom. The second kappa shape index (κ2) is 8.97. The van der Waals surface area contributed by atoms with Crippen molar-refractivity contribution in [3.63, 3.8) is 0 Å². The lowest BCUT2D eigenvalue weighted by Crippen LogP contribution is -2.12. The van der Waals surface area contributed by atoms with Gasteiger partial charge in [-0.2, -0.15) is 0 Å². The molecule has 1 heterocycles. The van der Waals surface area contributed by atoms with E-state index in [-0.39, 0.29) is 0 Å². The molecule has 2 heteroatoms. The Bertz CT molecular complexity index is 1650. The molecule has 7 rings (SSSR count). The summed E-state index contributed by atoms with van der Waals surface area (Å²) in [4.78, 5) is 5.34. The molecule has 0 aromatic heterocycles. The summed E-state index contributed by atoms with van der Waals surface area (Å²) in [7, 11) is 0. The number of allylic oxidation sites excluding steroid dienone is 1. The Kier molecular flexibility index (Phi) is 5.44. The molecular formula is C35H29NS. The summed E-state index contributed by atoms with van der Waals surface area (Å²) >= 11 is 1.97. The van der Waals surface area contributed by atoms with E-state index in [1.807, 2.05) is 11.8 Å². The number of rotatable bonds is 4. The Labute approximate surface area is 223 Å². The van der Waals surface area contributed by atoms with Gasteiger partial charge in [-0.15, -0.1) is 0 Å². The van der Waals surface area contributed by atoms with Crippen LogP contribution in [0.5, 0.6) is 0 Å². The van der Waals surface area contributed by atoms with Gasteiger partial charge in [0.15, 0.2) is 0 Å². The Morgan fingerprint density at radius 1 is 0.730 bits per heavy atom. The van der Waals surface area contributed by atoms with E-state index < -0.39 is 0 Å². The predicted octanol–water partition coefficient (Wildman–Crippen LogP) is 10.2. The highest BCUT2D eigenvalue weighted by molar-refractivity contribution is 8.03. The molecule has 5 aromatic rings. The largest absolute Gasteiger partial charge is 0.310 e. The third kappa shape index (κ3) is 3.79. The van der Waals surface area contributed by atoms with Crippen molar-refractivity contribution in [2.45, 2.75) is 37.0 Å². The summed E-state index contributed by atoms with van der Waals surface area (Å²) in [5, 5.41) is 2.64. The van der Waals surface area contributed by atoms with Gasteiger partial charge in [0.25, 0.3) is 0 Å². The fourth-order valence-corrected chi connectivity index (χ4v) is 7.22. The van der Waals surface area contributed by atoms with Crippen LogP contribution >= 0.6 is 11.8 Å². The molecule has 2 aliphatic rings. The number of para-hydroxylation sites is 1. The number of hydrogen-bond acceptors (Lipinski definition) is 2. The first-order chi connectivity index (χ1) is 18.2. The maximum absolute atomic E-state index is 2.48. The predicted molar refractivity (Wildman–Crippen MR) is 159 cm³/mol. The average molecular weight is 496 g/mol. The molecule has 1 unspecified atom stereocenters. The maximum Gasteiger partial charge on any atom is 0.0543 e. The topological polar surface area (TPSA) is 3.24 Å². The molecule has 0 saturated carbocycles. The number of thioether (sulfide) groups is 1. The van der Waals surface area contributed by atoms with E-state index in [4.69, 9.17) is 0 Å². The lowest BCUT2D eigenvalue weighted by molar-refractivity contribution is 0.815. The van der Waals surface area contributed by atoms with E-state index in [0.717, 1.165) is 6.42 Å². The number of benzene rings is 5. The highest BCUT2D eigenvalue weighted by Gasteiger charge is 2.34. The van der Waals surface area contributed by atoms with Gasteiger partial charge in [-0.3, -0.25) is 0 Å². The van der Waals surface area contributed by atoms with Crippen molar-refractivity contribution in [3.05, 3.63) is 136 Å². The molecule has 180 valence electrons. The first kappa shape index (κ1) is 22.4. The molecule has 0 radical (unpaired) electrons. The van der Waals surface area contributed by atoms with Gasteiger partial charge in [0.2, 0.25) is 0 Å². The van der Waals surface area contributed by atoms with Crippen LogP contribution in [-0.2, 0) is 6.42 Å². The molecule has 1 aliphatic carbocycles. The quantitative estimate of drug-likeness (QED) is 0.244. The standard InChI is InChI=1S/C35H29NS/c1-23(2)24-16-18-28(19-17-24)36(27-12-4-3-5-13-27)33-22-32-31-20-25-10-6-7-11-26(25)21-34(31)37-35(32)30-15-9-8-14-29(30)33/h3-19,21-23,31H,20H2,1-2H3. The Balaban J connectivity index is 1.45. The van der Waals surface area contributed by atoms with Gasteiger partial charge in [0.05, 0.1) is 5.69 Å². The number of hydrogen-bond donors (Lipinski definition) is 0. The minimum Gasteiger partial charge on any atom is -0.310 e. The second-order valence-electron chi connectivity index (χ2n) is 10.4. The molecule has 0 bridgehead atoms. The fraction of sp³-hybridized carbons (Fsp3) is 0.143. The van der Waals surface area contributed by atoms with Gasteiger partial charge >= 0.3 is 0 Å². The van der Waals surface area contributed by atoms with E-state index in [1.54, 1.807) is 0 Å². The Morgan fingerprint density at radius 3 is 2.19 bits per heavy atom.